The van der Waals surface area contributed by atoms with Crippen molar-refractivity contribution >= 4 is 23.6 Å². The maximum absolute atomic E-state index is 5.48. The van der Waals surface area contributed by atoms with Crippen LogP contribution in [0.25, 0.3) is 10.4 Å². The Labute approximate surface area is 104 Å². The van der Waals surface area contributed by atoms with Gasteiger partial charge in [-0.3, -0.25) is 0 Å². The van der Waals surface area contributed by atoms with E-state index >= 15 is 0 Å². The van der Waals surface area contributed by atoms with E-state index in [1.165, 1.54) is 4.88 Å². The lowest BCUT2D eigenvalue weighted by Crippen LogP contribution is -1.91. The minimum Gasteiger partial charge on any atom is -0.494 e. The van der Waals surface area contributed by atoms with Gasteiger partial charge in [-0.1, -0.05) is 12.1 Å². The number of aromatic amines is 1. The second-order valence-electron chi connectivity index (χ2n) is 3.43. The van der Waals surface area contributed by atoms with E-state index in [1.54, 1.807) is 11.3 Å². The zero-order valence-corrected chi connectivity index (χ0v) is 10.9. The van der Waals surface area contributed by atoms with E-state index in [0.717, 1.165) is 21.0 Å². The summed E-state index contributed by atoms with van der Waals surface area (Å²) >= 11 is 6.73. The molecule has 0 saturated heterocycles. The fraction of sp³-hybridized carbons (Fsp3) is 0.250. The van der Waals surface area contributed by atoms with Crippen molar-refractivity contribution in [2.24, 2.45) is 0 Å². The average molecular weight is 251 g/mol. The second-order valence-corrected chi connectivity index (χ2v) is 5.12. The van der Waals surface area contributed by atoms with Crippen LogP contribution < -0.4 is 4.74 Å². The van der Waals surface area contributed by atoms with E-state index in [4.69, 9.17) is 17.0 Å². The molecule has 0 fully saturated rings. The molecule has 2 aromatic rings. The topological polar surface area (TPSA) is 25.0 Å². The third-order valence-electron chi connectivity index (χ3n) is 2.23. The number of hydrogen-bond acceptors (Lipinski definition) is 3. The number of nitrogens with one attached hydrogen (secondary N) is 1. The number of ether oxygens (including phenoxy) is 1. The summed E-state index contributed by atoms with van der Waals surface area (Å²) in [7, 11) is 0. The number of aryl methyl sites for hydroxylation is 1. The van der Waals surface area contributed by atoms with Crippen LogP contribution in [0.3, 0.4) is 0 Å². The molecule has 0 aliphatic rings. The molecule has 16 heavy (non-hydrogen) atoms. The van der Waals surface area contributed by atoms with E-state index in [-0.39, 0.29) is 0 Å². The van der Waals surface area contributed by atoms with Crippen LogP contribution in [-0.2, 0) is 0 Å². The Bertz CT molecular complexity index is 542. The van der Waals surface area contributed by atoms with Crippen molar-refractivity contribution in [3.05, 3.63) is 33.9 Å². The Balaban J connectivity index is 2.44. The first-order chi connectivity index (χ1) is 7.70. The third kappa shape index (κ3) is 2.33. The Morgan fingerprint density at radius 1 is 1.44 bits per heavy atom. The van der Waals surface area contributed by atoms with Gasteiger partial charge < -0.3 is 9.72 Å². The molecule has 0 spiro atoms. The number of rotatable bonds is 3. The van der Waals surface area contributed by atoms with Crippen LogP contribution in [-0.4, -0.2) is 11.6 Å². The van der Waals surface area contributed by atoms with Crippen LogP contribution in [0, 0.1) is 10.9 Å². The lowest BCUT2D eigenvalue weighted by atomic mass is 10.1. The number of thiazole rings is 1. The quantitative estimate of drug-likeness (QED) is 0.828. The molecule has 0 unspecified atom stereocenters. The molecule has 4 heteroatoms. The van der Waals surface area contributed by atoms with E-state index < -0.39 is 0 Å². The van der Waals surface area contributed by atoms with Crippen LogP contribution in [0.5, 0.6) is 5.75 Å². The predicted octanol–water partition coefficient (Wildman–Crippen LogP) is 4.18. The predicted molar refractivity (Wildman–Crippen MR) is 70.8 cm³/mol. The van der Waals surface area contributed by atoms with Crippen molar-refractivity contribution in [2.75, 3.05) is 6.61 Å². The fourth-order valence-corrected chi connectivity index (χ4v) is 2.82. The number of benzene rings is 1. The molecular weight excluding hydrogens is 238 g/mol. The first-order valence-electron chi connectivity index (χ1n) is 5.13. The normalized spacial score (nSPS) is 10.4. The summed E-state index contributed by atoms with van der Waals surface area (Å²) in [6, 6.07) is 8.09. The van der Waals surface area contributed by atoms with E-state index in [9.17, 15) is 0 Å². The summed E-state index contributed by atoms with van der Waals surface area (Å²) in [5.74, 6) is 0.902. The molecular formula is C12H13NOS2. The standard InChI is InChI=1S/C12H13NOS2/c1-3-14-10-6-4-5-9(7-10)11-8(2)13-12(15)16-11/h4-7H,3H2,1-2H3,(H,13,15). The molecule has 1 heterocycles. The Morgan fingerprint density at radius 3 is 2.88 bits per heavy atom. The third-order valence-corrected chi connectivity index (χ3v) is 3.62. The molecule has 1 aromatic heterocycles. The summed E-state index contributed by atoms with van der Waals surface area (Å²) < 4.78 is 6.30. The summed E-state index contributed by atoms with van der Waals surface area (Å²) in [6.45, 7) is 4.71. The van der Waals surface area contributed by atoms with Crippen molar-refractivity contribution in [3.63, 3.8) is 0 Å². The van der Waals surface area contributed by atoms with Crippen LogP contribution >= 0.6 is 23.6 Å². The minimum atomic E-state index is 0.686. The molecule has 0 atom stereocenters. The van der Waals surface area contributed by atoms with Crippen molar-refractivity contribution in [1.29, 1.82) is 0 Å². The molecule has 84 valence electrons. The molecule has 0 aliphatic heterocycles. The molecule has 0 radical (unpaired) electrons. The molecule has 0 bridgehead atoms. The van der Waals surface area contributed by atoms with E-state index in [1.807, 2.05) is 32.0 Å². The van der Waals surface area contributed by atoms with Crippen LogP contribution in [0.2, 0.25) is 0 Å². The van der Waals surface area contributed by atoms with Crippen molar-refractivity contribution in [1.82, 2.24) is 4.98 Å². The van der Waals surface area contributed by atoms with Gasteiger partial charge in [0.1, 0.15) is 5.75 Å². The lowest BCUT2D eigenvalue weighted by molar-refractivity contribution is 0.340. The van der Waals surface area contributed by atoms with Gasteiger partial charge in [-0.2, -0.15) is 0 Å². The number of hydrogen-bond donors (Lipinski definition) is 1. The van der Waals surface area contributed by atoms with Crippen molar-refractivity contribution in [2.45, 2.75) is 13.8 Å². The number of aromatic nitrogens is 1. The summed E-state index contributed by atoms with van der Waals surface area (Å²) in [4.78, 5) is 4.34. The summed E-state index contributed by atoms with van der Waals surface area (Å²) in [5, 5.41) is 0. The Kier molecular flexibility index (Phi) is 3.41. The molecule has 0 amide bonds. The largest absolute Gasteiger partial charge is 0.494 e. The van der Waals surface area contributed by atoms with Gasteiger partial charge in [0, 0.05) is 5.69 Å². The molecule has 1 aromatic carbocycles. The van der Waals surface area contributed by atoms with Crippen LogP contribution in [0.15, 0.2) is 24.3 Å². The molecule has 1 N–H and O–H groups in total. The Hall–Kier alpha value is -1.13. The van der Waals surface area contributed by atoms with Gasteiger partial charge in [0.25, 0.3) is 0 Å². The van der Waals surface area contributed by atoms with Crippen molar-refractivity contribution < 1.29 is 4.74 Å². The van der Waals surface area contributed by atoms with Gasteiger partial charge in [-0.15, -0.1) is 11.3 Å². The monoisotopic (exact) mass is 251 g/mol. The SMILES string of the molecule is CCOc1cccc(-c2sc(=S)[nH]c2C)c1. The van der Waals surface area contributed by atoms with E-state index in [2.05, 4.69) is 11.1 Å². The molecule has 0 saturated carbocycles. The molecule has 2 nitrogen and oxygen atoms in total. The second kappa shape index (κ2) is 4.80. The number of H-pyrrole nitrogens is 1. The molecule has 2 rings (SSSR count). The highest BCUT2D eigenvalue weighted by atomic mass is 32.1. The van der Waals surface area contributed by atoms with Crippen LogP contribution in [0.4, 0.5) is 0 Å². The minimum absolute atomic E-state index is 0.686. The van der Waals surface area contributed by atoms with Gasteiger partial charge in [0.05, 0.1) is 11.5 Å². The highest BCUT2D eigenvalue weighted by Gasteiger charge is 2.05. The van der Waals surface area contributed by atoms with Gasteiger partial charge in [0.2, 0.25) is 0 Å². The zero-order valence-electron chi connectivity index (χ0n) is 9.24. The average Bonchev–Trinajstić information content (AvgIpc) is 2.59. The summed E-state index contributed by atoms with van der Waals surface area (Å²) in [6.07, 6.45) is 0. The maximum atomic E-state index is 5.48. The zero-order chi connectivity index (χ0) is 11.5. The maximum Gasteiger partial charge on any atom is 0.159 e. The van der Waals surface area contributed by atoms with E-state index in [0.29, 0.717) is 6.61 Å². The van der Waals surface area contributed by atoms with Gasteiger partial charge >= 0.3 is 0 Å². The van der Waals surface area contributed by atoms with Crippen LogP contribution in [0.1, 0.15) is 12.6 Å². The lowest BCUT2D eigenvalue weighted by Gasteiger charge is -2.05. The first kappa shape index (κ1) is 11.4. The first-order valence-corrected chi connectivity index (χ1v) is 6.36. The smallest absolute Gasteiger partial charge is 0.159 e. The van der Waals surface area contributed by atoms with Gasteiger partial charge in [-0.05, 0) is 43.8 Å². The van der Waals surface area contributed by atoms with Gasteiger partial charge in [-0.25, -0.2) is 0 Å². The fourth-order valence-electron chi connectivity index (χ4n) is 1.57. The highest BCUT2D eigenvalue weighted by Crippen LogP contribution is 2.30. The van der Waals surface area contributed by atoms with Gasteiger partial charge in [0.15, 0.2) is 3.95 Å². The van der Waals surface area contributed by atoms with Crippen molar-refractivity contribution in [3.8, 4) is 16.2 Å². The molecule has 0 aliphatic carbocycles. The summed E-state index contributed by atoms with van der Waals surface area (Å²) in [5.41, 5.74) is 2.27. The highest BCUT2D eigenvalue weighted by molar-refractivity contribution is 7.73. The Morgan fingerprint density at radius 2 is 2.25 bits per heavy atom.